The van der Waals surface area contributed by atoms with Crippen LogP contribution in [0, 0.1) is 0 Å². The predicted octanol–water partition coefficient (Wildman–Crippen LogP) is 3.76. The Kier molecular flexibility index (Phi) is 5.87. The summed E-state index contributed by atoms with van der Waals surface area (Å²) in [6, 6.07) is 15.2. The Hall–Kier alpha value is -4.72. The minimum absolute atomic E-state index is 0.0931. The van der Waals surface area contributed by atoms with Crippen molar-refractivity contribution in [2.24, 2.45) is 5.73 Å². The Morgan fingerprint density at radius 1 is 1.08 bits per heavy atom. The van der Waals surface area contributed by atoms with E-state index in [-0.39, 0.29) is 40.1 Å². The standard InChI is InChI=1S/C29H24N2O6/c1-4-13-31-20-12-8-5-9-16(20)14-19(28(31)34)21-22-24(32)17-10-6-7-11-18(17)25(33)26(22)37-27(30)23(21)29(35)36-15(2)3/h4-12,14-15,21H,1,13,30H2,2-3H3. The summed E-state index contributed by atoms with van der Waals surface area (Å²) in [6.07, 6.45) is 1.07. The van der Waals surface area contributed by atoms with Crippen molar-refractivity contribution in [3.8, 4) is 0 Å². The number of esters is 1. The van der Waals surface area contributed by atoms with Crippen LogP contribution in [0.4, 0.5) is 0 Å². The van der Waals surface area contributed by atoms with Gasteiger partial charge in [-0.3, -0.25) is 14.4 Å². The van der Waals surface area contributed by atoms with E-state index in [0.717, 1.165) is 0 Å². The highest BCUT2D eigenvalue weighted by molar-refractivity contribution is 6.27. The number of nitrogens with two attached hydrogens (primary N) is 1. The fraction of sp³-hybridized carbons (Fsp3) is 0.172. The van der Waals surface area contributed by atoms with Crippen molar-refractivity contribution < 1.29 is 23.9 Å². The summed E-state index contributed by atoms with van der Waals surface area (Å²) in [7, 11) is 0. The smallest absolute Gasteiger partial charge is 0.340 e. The summed E-state index contributed by atoms with van der Waals surface area (Å²) in [6.45, 7) is 7.27. The number of carbonyl (C=O) groups is 3. The van der Waals surface area contributed by atoms with E-state index in [9.17, 15) is 19.2 Å². The lowest BCUT2D eigenvalue weighted by Gasteiger charge is -2.32. The number of fused-ring (bicyclic) bond motifs is 2. The maximum atomic E-state index is 13.9. The molecule has 3 aromatic rings. The second-order valence-electron chi connectivity index (χ2n) is 9.08. The van der Waals surface area contributed by atoms with Crippen LogP contribution >= 0.6 is 0 Å². The van der Waals surface area contributed by atoms with Crippen LogP contribution in [-0.4, -0.2) is 28.2 Å². The van der Waals surface area contributed by atoms with Crippen LogP contribution in [0.25, 0.3) is 10.9 Å². The molecule has 1 aliphatic carbocycles. The Bertz CT molecular complexity index is 1640. The maximum absolute atomic E-state index is 13.9. The van der Waals surface area contributed by atoms with Gasteiger partial charge in [0.05, 0.1) is 23.1 Å². The fourth-order valence-electron chi connectivity index (χ4n) is 4.86. The van der Waals surface area contributed by atoms with Crippen molar-refractivity contribution >= 4 is 28.4 Å². The number of para-hydroxylation sites is 1. The zero-order valence-electron chi connectivity index (χ0n) is 20.3. The number of carbonyl (C=O) groups excluding carboxylic acids is 3. The fourth-order valence-corrected chi connectivity index (χ4v) is 4.86. The highest BCUT2D eigenvalue weighted by Gasteiger charge is 2.47. The number of benzene rings is 2. The monoisotopic (exact) mass is 496 g/mol. The number of ether oxygens (including phenoxy) is 2. The number of allylic oxidation sites excluding steroid dienone is 3. The average Bonchev–Trinajstić information content (AvgIpc) is 2.87. The van der Waals surface area contributed by atoms with Gasteiger partial charge in [0.1, 0.15) is 5.57 Å². The minimum atomic E-state index is -1.28. The highest BCUT2D eigenvalue weighted by atomic mass is 16.5. The molecule has 0 bridgehead atoms. The number of pyridine rings is 1. The van der Waals surface area contributed by atoms with E-state index in [0.29, 0.717) is 10.9 Å². The molecule has 2 aromatic carbocycles. The predicted molar refractivity (Wildman–Crippen MR) is 137 cm³/mol. The first-order chi connectivity index (χ1) is 17.7. The summed E-state index contributed by atoms with van der Waals surface area (Å²) in [5.41, 5.74) is 6.49. The summed E-state index contributed by atoms with van der Waals surface area (Å²) < 4.78 is 12.6. The third-order valence-electron chi connectivity index (χ3n) is 6.38. The second-order valence-corrected chi connectivity index (χ2v) is 9.08. The van der Waals surface area contributed by atoms with Gasteiger partial charge in [-0.2, -0.15) is 0 Å². The quantitative estimate of drug-likeness (QED) is 0.422. The molecule has 0 spiro atoms. The molecule has 0 saturated heterocycles. The van der Waals surface area contributed by atoms with E-state index in [4.69, 9.17) is 15.2 Å². The van der Waals surface area contributed by atoms with Gasteiger partial charge < -0.3 is 19.8 Å². The molecule has 2 aliphatic rings. The zero-order valence-corrected chi connectivity index (χ0v) is 20.3. The Labute approximate surface area is 212 Å². The van der Waals surface area contributed by atoms with Gasteiger partial charge in [0.25, 0.3) is 5.56 Å². The molecule has 2 N–H and O–H groups in total. The minimum Gasteiger partial charge on any atom is -0.459 e. The number of Topliss-reactive ketones (excluding diaryl/α,β-unsaturated/α-hetero) is 2. The van der Waals surface area contributed by atoms with Gasteiger partial charge in [0.15, 0.2) is 11.5 Å². The summed E-state index contributed by atoms with van der Waals surface area (Å²) in [4.78, 5) is 54.5. The van der Waals surface area contributed by atoms with Crippen molar-refractivity contribution in [1.29, 1.82) is 0 Å². The van der Waals surface area contributed by atoms with Crippen LogP contribution in [0.3, 0.4) is 0 Å². The van der Waals surface area contributed by atoms with Crippen LogP contribution in [-0.2, 0) is 20.8 Å². The third-order valence-corrected chi connectivity index (χ3v) is 6.38. The number of nitrogens with zero attached hydrogens (tertiary/aromatic N) is 1. The molecule has 2 heterocycles. The molecular formula is C29H24N2O6. The largest absolute Gasteiger partial charge is 0.459 e. The Morgan fingerprint density at radius 2 is 1.73 bits per heavy atom. The number of rotatable bonds is 5. The van der Waals surface area contributed by atoms with E-state index in [1.54, 1.807) is 50.3 Å². The molecule has 0 radical (unpaired) electrons. The zero-order chi connectivity index (χ0) is 26.4. The lowest BCUT2D eigenvalue weighted by Crippen LogP contribution is -2.38. The number of ketones is 2. The van der Waals surface area contributed by atoms with E-state index in [1.807, 2.05) is 12.1 Å². The summed E-state index contributed by atoms with van der Waals surface area (Å²) in [5.74, 6) is -3.89. The molecule has 0 fully saturated rings. The highest BCUT2D eigenvalue weighted by Crippen LogP contribution is 2.44. The van der Waals surface area contributed by atoms with Crippen molar-refractivity contribution in [2.45, 2.75) is 32.4 Å². The van der Waals surface area contributed by atoms with Gasteiger partial charge in [-0.15, -0.1) is 6.58 Å². The Morgan fingerprint density at radius 3 is 2.41 bits per heavy atom. The van der Waals surface area contributed by atoms with Crippen LogP contribution in [0.1, 0.15) is 46.0 Å². The molecule has 8 nitrogen and oxygen atoms in total. The molecule has 8 heteroatoms. The van der Waals surface area contributed by atoms with Crippen LogP contribution < -0.4 is 11.3 Å². The molecule has 1 atom stereocenters. The van der Waals surface area contributed by atoms with Crippen molar-refractivity contribution in [2.75, 3.05) is 0 Å². The molecule has 186 valence electrons. The normalized spacial score (nSPS) is 17.0. The first-order valence-electron chi connectivity index (χ1n) is 11.8. The third kappa shape index (κ3) is 3.78. The van der Waals surface area contributed by atoms with Crippen LogP contribution in [0.2, 0.25) is 0 Å². The van der Waals surface area contributed by atoms with Gasteiger partial charge in [0.2, 0.25) is 11.7 Å². The van der Waals surface area contributed by atoms with Gasteiger partial charge in [0, 0.05) is 23.2 Å². The lowest BCUT2D eigenvalue weighted by molar-refractivity contribution is -0.143. The lowest BCUT2D eigenvalue weighted by atomic mass is 9.75. The Balaban J connectivity index is 1.84. The van der Waals surface area contributed by atoms with Crippen molar-refractivity contribution in [1.82, 2.24) is 4.57 Å². The molecule has 1 aromatic heterocycles. The molecule has 1 aliphatic heterocycles. The number of aromatic nitrogens is 1. The average molecular weight is 497 g/mol. The number of hydrogen-bond donors (Lipinski definition) is 1. The van der Waals surface area contributed by atoms with Gasteiger partial charge in [-0.1, -0.05) is 48.5 Å². The van der Waals surface area contributed by atoms with Crippen molar-refractivity contribution in [3.05, 3.63) is 117 Å². The topological polar surface area (TPSA) is 118 Å². The van der Waals surface area contributed by atoms with E-state index >= 15 is 0 Å². The SMILES string of the molecule is C=CCn1c(=O)c(C2C(C(=O)OC(C)C)=C(N)OC3=C2C(=O)c2ccccc2C3=O)cc2ccccc21. The van der Waals surface area contributed by atoms with Crippen molar-refractivity contribution in [3.63, 3.8) is 0 Å². The molecule has 0 saturated carbocycles. The molecule has 1 unspecified atom stereocenters. The van der Waals surface area contributed by atoms with Crippen LogP contribution in [0.15, 0.2) is 94.8 Å². The van der Waals surface area contributed by atoms with Gasteiger partial charge >= 0.3 is 5.97 Å². The van der Waals surface area contributed by atoms with Gasteiger partial charge in [-0.05, 0) is 31.4 Å². The summed E-state index contributed by atoms with van der Waals surface area (Å²) >= 11 is 0. The molecule has 0 amide bonds. The van der Waals surface area contributed by atoms with Crippen LogP contribution in [0.5, 0.6) is 0 Å². The van der Waals surface area contributed by atoms with Gasteiger partial charge in [-0.25, -0.2) is 4.79 Å². The van der Waals surface area contributed by atoms with E-state index in [1.165, 1.54) is 16.7 Å². The van der Waals surface area contributed by atoms with E-state index < -0.39 is 41.0 Å². The van der Waals surface area contributed by atoms with E-state index in [2.05, 4.69) is 6.58 Å². The number of hydrogen-bond acceptors (Lipinski definition) is 7. The molecule has 37 heavy (non-hydrogen) atoms. The second kappa shape index (κ2) is 9.05. The maximum Gasteiger partial charge on any atom is 0.340 e. The first kappa shape index (κ1) is 24.0. The summed E-state index contributed by atoms with van der Waals surface area (Å²) in [5, 5.41) is 0.692. The first-order valence-corrected chi connectivity index (χ1v) is 11.8. The molecular weight excluding hydrogens is 472 g/mol. The molecule has 5 rings (SSSR count).